The molecule has 1 aromatic heterocycles. The van der Waals surface area contributed by atoms with Gasteiger partial charge in [-0.25, -0.2) is 0 Å². The second kappa shape index (κ2) is 5.57. The molecule has 0 aliphatic carbocycles. The second-order valence-electron chi connectivity index (χ2n) is 7.77. The summed E-state index contributed by atoms with van der Waals surface area (Å²) in [6, 6.07) is 10.5. The summed E-state index contributed by atoms with van der Waals surface area (Å²) in [7, 11) is 2.36. The van der Waals surface area contributed by atoms with Crippen molar-refractivity contribution in [3.8, 4) is 0 Å². The van der Waals surface area contributed by atoms with Gasteiger partial charge in [-0.1, -0.05) is 25.1 Å². The lowest BCUT2D eigenvalue weighted by molar-refractivity contribution is -0.957. The molecule has 4 heterocycles. The maximum atomic E-state index is 11.2. The molecule has 5 atom stereocenters. The fourth-order valence-corrected chi connectivity index (χ4v) is 5.16. The smallest absolute Gasteiger partial charge is 0.131 e. The van der Waals surface area contributed by atoms with Gasteiger partial charge in [0.1, 0.15) is 12.1 Å². The van der Waals surface area contributed by atoms with E-state index in [1.807, 2.05) is 30.5 Å². The van der Waals surface area contributed by atoms with Crippen molar-refractivity contribution in [2.24, 2.45) is 11.8 Å². The molecule has 0 saturated carbocycles. The third-order valence-corrected chi connectivity index (χ3v) is 6.56. The van der Waals surface area contributed by atoms with Gasteiger partial charge in [-0.3, -0.25) is 4.98 Å². The van der Waals surface area contributed by atoms with Crippen molar-refractivity contribution in [2.75, 3.05) is 20.1 Å². The van der Waals surface area contributed by atoms with Crippen molar-refractivity contribution in [1.82, 2.24) is 4.98 Å². The molecule has 3 nitrogen and oxygen atoms in total. The molecule has 1 aromatic carbocycles. The molecule has 5 rings (SSSR count). The first-order chi connectivity index (χ1) is 11.1. The molecule has 2 bridgehead atoms. The van der Waals surface area contributed by atoms with Gasteiger partial charge in [-0.05, 0) is 30.0 Å². The predicted octanol–water partition coefficient (Wildman–Crippen LogP) is 3.53. The number of aliphatic hydroxyl groups is 1. The standard InChI is InChI=1S/C20H27N2O/c1-3-14-13-22(2)11-9-15(14)12-19(22)20(23)17-8-10-21-18-7-5-4-6-16(17)18/h4-8,10,14-15,19-20,23H,3,9,11-13H2,1-2H3/q+1/t14?,15?,19?,20-,22?/m0/s1. The van der Waals surface area contributed by atoms with Crippen LogP contribution in [0.2, 0.25) is 0 Å². The number of fused-ring (bicyclic) bond motifs is 4. The Kier molecular flexibility index (Phi) is 3.66. The summed E-state index contributed by atoms with van der Waals surface area (Å²) in [5.74, 6) is 1.64. The molecule has 3 aliphatic heterocycles. The van der Waals surface area contributed by atoms with Gasteiger partial charge < -0.3 is 9.59 Å². The van der Waals surface area contributed by atoms with Crippen molar-refractivity contribution in [3.63, 3.8) is 0 Å². The zero-order valence-electron chi connectivity index (χ0n) is 14.2. The van der Waals surface area contributed by atoms with E-state index in [0.29, 0.717) is 6.04 Å². The number of quaternary nitrogens is 1. The quantitative estimate of drug-likeness (QED) is 0.880. The first kappa shape index (κ1) is 15.1. The molecular weight excluding hydrogens is 284 g/mol. The molecule has 0 radical (unpaired) electrons. The van der Waals surface area contributed by atoms with Gasteiger partial charge in [0.2, 0.25) is 0 Å². The van der Waals surface area contributed by atoms with Gasteiger partial charge >= 0.3 is 0 Å². The number of likely N-dealkylation sites (N-methyl/N-ethyl adjacent to an activating group) is 1. The zero-order chi connectivity index (χ0) is 16.0. The number of para-hydroxylation sites is 1. The maximum absolute atomic E-state index is 11.2. The highest BCUT2D eigenvalue weighted by Crippen LogP contribution is 2.46. The maximum Gasteiger partial charge on any atom is 0.131 e. The van der Waals surface area contributed by atoms with E-state index in [0.717, 1.165) is 39.2 Å². The van der Waals surface area contributed by atoms with E-state index in [4.69, 9.17) is 0 Å². The minimum absolute atomic E-state index is 0.322. The van der Waals surface area contributed by atoms with Crippen LogP contribution in [0.4, 0.5) is 0 Å². The first-order valence-corrected chi connectivity index (χ1v) is 8.98. The lowest BCUT2D eigenvalue weighted by atomic mass is 9.71. The van der Waals surface area contributed by atoms with E-state index in [-0.39, 0.29) is 0 Å². The van der Waals surface area contributed by atoms with E-state index in [9.17, 15) is 5.11 Å². The minimum Gasteiger partial charge on any atom is -0.382 e. The summed E-state index contributed by atoms with van der Waals surface area (Å²) in [6.07, 6.45) is 5.21. The van der Waals surface area contributed by atoms with Gasteiger partial charge in [0, 0.05) is 30.3 Å². The third kappa shape index (κ3) is 2.38. The van der Waals surface area contributed by atoms with Crippen LogP contribution < -0.4 is 0 Å². The third-order valence-electron chi connectivity index (χ3n) is 6.56. The Labute approximate surface area is 138 Å². The van der Waals surface area contributed by atoms with Gasteiger partial charge in [-0.15, -0.1) is 0 Å². The van der Waals surface area contributed by atoms with Crippen LogP contribution in [0.15, 0.2) is 36.5 Å². The van der Waals surface area contributed by atoms with Crippen molar-refractivity contribution < 1.29 is 9.59 Å². The van der Waals surface area contributed by atoms with E-state index >= 15 is 0 Å². The number of hydrogen-bond donors (Lipinski definition) is 1. The number of benzene rings is 1. The molecule has 0 amide bonds. The monoisotopic (exact) mass is 311 g/mol. The van der Waals surface area contributed by atoms with E-state index in [1.165, 1.54) is 25.9 Å². The first-order valence-electron chi connectivity index (χ1n) is 8.98. The molecule has 0 spiro atoms. The highest BCUT2D eigenvalue weighted by atomic mass is 16.3. The Bertz CT molecular complexity index is 710. The number of aliphatic hydroxyl groups excluding tert-OH is 1. The average Bonchev–Trinajstić information content (AvgIpc) is 2.60. The average molecular weight is 311 g/mol. The molecule has 1 N–H and O–H groups in total. The van der Waals surface area contributed by atoms with Gasteiger partial charge in [-0.2, -0.15) is 0 Å². The predicted molar refractivity (Wildman–Crippen MR) is 92.9 cm³/mol. The topological polar surface area (TPSA) is 33.1 Å². The summed E-state index contributed by atoms with van der Waals surface area (Å²) >= 11 is 0. The van der Waals surface area contributed by atoms with E-state index in [1.54, 1.807) is 0 Å². The van der Waals surface area contributed by atoms with Crippen molar-refractivity contribution >= 4 is 10.9 Å². The molecule has 3 aliphatic rings. The van der Waals surface area contributed by atoms with Crippen LogP contribution in [0.3, 0.4) is 0 Å². The molecule has 3 heteroatoms. The number of rotatable bonds is 3. The highest BCUT2D eigenvalue weighted by Gasteiger charge is 2.51. The fraction of sp³-hybridized carbons (Fsp3) is 0.550. The summed E-state index contributed by atoms with van der Waals surface area (Å²) in [5.41, 5.74) is 2.04. The summed E-state index contributed by atoms with van der Waals surface area (Å²) < 4.78 is 1.03. The van der Waals surface area contributed by atoms with Crippen LogP contribution in [0.1, 0.15) is 37.9 Å². The number of pyridine rings is 1. The summed E-state index contributed by atoms with van der Waals surface area (Å²) in [6.45, 7) is 4.76. The normalized spacial score (nSPS) is 34.7. The van der Waals surface area contributed by atoms with Gasteiger partial charge in [0.25, 0.3) is 0 Å². The lowest BCUT2D eigenvalue weighted by Gasteiger charge is -2.56. The second-order valence-corrected chi connectivity index (χ2v) is 7.77. The van der Waals surface area contributed by atoms with Crippen LogP contribution >= 0.6 is 0 Å². The zero-order valence-corrected chi connectivity index (χ0v) is 14.2. The SMILES string of the molecule is CCC1C[N+]2(C)CCC1CC2[C@@H](O)c1ccnc2ccccc12. The number of aromatic nitrogens is 1. The Morgan fingerprint density at radius 3 is 2.91 bits per heavy atom. The molecular formula is C20H27N2O+. The Morgan fingerprint density at radius 1 is 1.30 bits per heavy atom. The fourth-order valence-electron chi connectivity index (χ4n) is 5.16. The van der Waals surface area contributed by atoms with Crippen LogP contribution in [0.25, 0.3) is 10.9 Å². The van der Waals surface area contributed by atoms with E-state index in [2.05, 4.69) is 25.0 Å². The molecule has 2 aromatic rings. The van der Waals surface area contributed by atoms with Gasteiger partial charge in [0.15, 0.2) is 0 Å². The van der Waals surface area contributed by atoms with Crippen LogP contribution in [0.5, 0.6) is 0 Å². The van der Waals surface area contributed by atoms with Gasteiger partial charge in [0.05, 0.1) is 25.7 Å². The summed E-state index contributed by atoms with van der Waals surface area (Å²) in [4.78, 5) is 4.44. The Hall–Kier alpha value is -1.45. The van der Waals surface area contributed by atoms with Crippen LogP contribution in [-0.2, 0) is 0 Å². The molecule has 3 fully saturated rings. The molecule has 122 valence electrons. The Balaban J connectivity index is 1.70. The highest BCUT2D eigenvalue weighted by molar-refractivity contribution is 5.82. The number of piperidine rings is 3. The Morgan fingerprint density at radius 2 is 2.13 bits per heavy atom. The van der Waals surface area contributed by atoms with Crippen molar-refractivity contribution in [3.05, 3.63) is 42.1 Å². The van der Waals surface area contributed by atoms with E-state index < -0.39 is 6.10 Å². The van der Waals surface area contributed by atoms with Crippen LogP contribution in [-0.4, -0.2) is 40.8 Å². The molecule has 3 saturated heterocycles. The number of nitrogens with zero attached hydrogens (tertiary/aromatic N) is 2. The van der Waals surface area contributed by atoms with Crippen molar-refractivity contribution in [1.29, 1.82) is 0 Å². The lowest BCUT2D eigenvalue weighted by Crippen LogP contribution is -2.66. The minimum atomic E-state index is -0.395. The van der Waals surface area contributed by atoms with Crippen molar-refractivity contribution in [2.45, 2.75) is 38.3 Å². The molecule has 4 unspecified atom stereocenters. The van der Waals surface area contributed by atoms with Crippen LogP contribution in [0, 0.1) is 11.8 Å². The number of hydrogen-bond acceptors (Lipinski definition) is 2. The largest absolute Gasteiger partial charge is 0.382 e. The molecule has 23 heavy (non-hydrogen) atoms. The summed E-state index contributed by atoms with van der Waals surface area (Å²) in [5, 5.41) is 12.3.